The summed E-state index contributed by atoms with van der Waals surface area (Å²) in [5.74, 6) is 1.23. The summed E-state index contributed by atoms with van der Waals surface area (Å²) in [6, 6.07) is 3.84. The molecule has 0 radical (unpaired) electrons. The predicted molar refractivity (Wildman–Crippen MR) is 54.7 cm³/mol. The third-order valence-corrected chi connectivity index (χ3v) is 2.29. The number of nitrogens with zero attached hydrogens (tertiary/aromatic N) is 1. The molecule has 0 saturated heterocycles. The molecular formula is C11H13NO2. The number of methoxy groups -OCH3 is 1. The molecule has 0 fully saturated rings. The number of oxazole rings is 1. The number of hydrogen-bond donors (Lipinski definition) is 0. The van der Waals surface area contributed by atoms with Crippen LogP contribution in [0.5, 0.6) is 5.75 Å². The molecule has 2 rings (SSSR count). The molecule has 14 heavy (non-hydrogen) atoms. The number of ether oxygens (including phenoxy) is 1. The van der Waals surface area contributed by atoms with E-state index in [9.17, 15) is 0 Å². The molecule has 0 spiro atoms. The number of rotatable bonds is 2. The van der Waals surface area contributed by atoms with Crippen LogP contribution in [0.25, 0.3) is 11.1 Å². The maximum atomic E-state index is 5.36. The van der Waals surface area contributed by atoms with Crippen LogP contribution in [0.1, 0.15) is 25.3 Å². The molecule has 0 amide bonds. The third-order valence-electron chi connectivity index (χ3n) is 2.29. The van der Waals surface area contributed by atoms with Gasteiger partial charge in [0.05, 0.1) is 7.11 Å². The molecule has 1 heterocycles. The van der Waals surface area contributed by atoms with Gasteiger partial charge in [-0.25, -0.2) is 4.98 Å². The van der Waals surface area contributed by atoms with Crippen LogP contribution >= 0.6 is 0 Å². The molecule has 0 aliphatic rings. The van der Waals surface area contributed by atoms with Crippen molar-refractivity contribution in [1.29, 1.82) is 0 Å². The van der Waals surface area contributed by atoms with E-state index < -0.39 is 0 Å². The highest BCUT2D eigenvalue weighted by Gasteiger charge is 2.14. The van der Waals surface area contributed by atoms with Gasteiger partial charge in [0.1, 0.15) is 11.3 Å². The molecule has 0 aliphatic carbocycles. The van der Waals surface area contributed by atoms with Crippen molar-refractivity contribution in [1.82, 2.24) is 4.98 Å². The van der Waals surface area contributed by atoms with Gasteiger partial charge in [0.25, 0.3) is 0 Å². The van der Waals surface area contributed by atoms with Gasteiger partial charge in [-0.15, -0.1) is 0 Å². The average Bonchev–Trinajstić information content (AvgIpc) is 2.62. The van der Waals surface area contributed by atoms with E-state index in [-0.39, 0.29) is 0 Å². The lowest BCUT2D eigenvalue weighted by molar-refractivity contribution is 0.407. The van der Waals surface area contributed by atoms with Crippen LogP contribution in [0.3, 0.4) is 0 Å². The molecular weight excluding hydrogens is 178 g/mol. The molecule has 74 valence electrons. The molecule has 2 aromatic rings. The van der Waals surface area contributed by atoms with Crippen molar-refractivity contribution in [2.24, 2.45) is 0 Å². The van der Waals surface area contributed by atoms with Gasteiger partial charge >= 0.3 is 0 Å². The Morgan fingerprint density at radius 1 is 1.36 bits per heavy atom. The highest BCUT2D eigenvalue weighted by molar-refractivity contribution is 5.79. The minimum absolute atomic E-state index is 0.363. The first-order valence-corrected chi connectivity index (χ1v) is 4.64. The molecule has 0 saturated carbocycles. The number of benzene rings is 1. The van der Waals surface area contributed by atoms with Crippen LogP contribution in [-0.4, -0.2) is 12.1 Å². The van der Waals surface area contributed by atoms with Gasteiger partial charge in [-0.3, -0.25) is 0 Å². The molecule has 0 unspecified atom stereocenters. The lowest BCUT2D eigenvalue weighted by Gasteiger charge is -2.10. The summed E-state index contributed by atoms with van der Waals surface area (Å²) in [5, 5.41) is 0. The van der Waals surface area contributed by atoms with Crippen molar-refractivity contribution in [2.45, 2.75) is 19.8 Å². The number of fused-ring (bicyclic) bond motifs is 1. The molecule has 1 aromatic carbocycles. The lowest BCUT2D eigenvalue weighted by atomic mass is 10.0. The average molecular weight is 191 g/mol. The Labute approximate surface area is 82.7 Å². The summed E-state index contributed by atoms with van der Waals surface area (Å²) in [6.07, 6.45) is 1.47. The van der Waals surface area contributed by atoms with Crippen LogP contribution in [0.2, 0.25) is 0 Å². The van der Waals surface area contributed by atoms with Crippen molar-refractivity contribution in [3.63, 3.8) is 0 Å². The second kappa shape index (κ2) is 3.33. The van der Waals surface area contributed by atoms with E-state index in [1.54, 1.807) is 7.11 Å². The first kappa shape index (κ1) is 9.06. The quantitative estimate of drug-likeness (QED) is 0.732. The van der Waals surface area contributed by atoms with Gasteiger partial charge in [0.2, 0.25) is 0 Å². The summed E-state index contributed by atoms with van der Waals surface area (Å²) in [5.41, 5.74) is 2.80. The number of hydrogen-bond acceptors (Lipinski definition) is 3. The summed E-state index contributed by atoms with van der Waals surface area (Å²) in [6.45, 7) is 4.22. The van der Waals surface area contributed by atoms with Crippen LogP contribution in [0.15, 0.2) is 22.9 Å². The van der Waals surface area contributed by atoms with Gasteiger partial charge in [0.15, 0.2) is 12.0 Å². The monoisotopic (exact) mass is 191 g/mol. The van der Waals surface area contributed by atoms with Crippen LogP contribution in [0.4, 0.5) is 0 Å². The van der Waals surface area contributed by atoms with E-state index in [1.165, 1.54) is 6.39 Å². The minimum Gasteiger partial charge on any atom is -0.496 e. The Hall–Kier alpha value is -1.51. The molecule has 0 aliphatic heterocycles. The van der Waals surface area contributed by atoms with Crippen molar-refractivity contribution in [3.05, 3.63) is 24.1 Å². The second-order valence-electron chi connectivity index (χ2n) is 3.54. The largest absolute Gasteiger partial charge is 0.496 e. The fourth-order valence-corrected chi connectivity index (χ4v) is 1.66. The Morgan fingerprint density at radius 2 is 2.14 bits per heavy atom. The highest BCUT2D eigenvalue weighted by Crippen LogP contribution is 2.33. The van der Waals surface area contributed by atoms with Gasteiger partial charge in [-0.1, -0.05) is 13.8 Å². The van der Waals surface area contributed by atoms with E-state index in [0.717, 1.165) is 22.4 Å². The summed E-state index contributed by atoms with van der Waals surface area (Å²) in [4.78, 5) is 4.11. The van der Waals surface area contributed by atoms with Crippen LogP contribution in [-0.2, 0) is 0 Å². The van der Waals surface area contributed by atoms with Crippen molar-refractivity contribution in [3.8, 4) is 5.75 Å². The SMILES string of the molecule is COc1ccc2ncoc2c1C(C)C. The standard InChI is InChI=1S/C11H13NO2/c1-7(2)10-9(13-3)5-4-8-11(10)14-6-12-8/h4-7H,1-3H3. The fourth-order valence-electron chi connectivity index (χ4n) is 1.66. The first-order chi connectivity index (χ1) is 6.74. The smallest absolute Gasteiger partial charge is 0.181 e. The molecule has 1 aromatic heterocycles. The van der Waals surface area contributed by atoms with E-state index in [0.29, 0.717) is 5.92 Å². The van der Waals surface area contributed by atoms with E-state index in [2.05, 4.69) is 18.8 Å². The normalized spacial score (nSPS) is 11.1. The predicted octanol–water partition coefficient (Wildman–Crippen LogP) is 2.96. The molecule has 3 heteroatoms. The summed E-state index contributed by atoms with van der Waals surface area (Å²) in [7, 11) is 1.67. The first-order valence-electron chi connectivity index (χ1n) is 4.64. The zero-order valence-corrected chi connectivity index (χ0v) is 8.57. The zero-order chi connectivity index (χ0) is 10.1. The Balaban J connectivity index is 2.75. The molecule has 0 bridgehead atoms. The molecule has 0 N–H and O–H groups in total. The second-order valence-corrected chi connectivity index (χ2v) is 3.54. The topological polar surface area (TPSA) is 35.3 Å². The van der Waals surface area contributed by atoms with E-state index in [1.807, 2.05) is 12.1 Å². The number of aromatic nitrogens is 1. The maximum absolute atomic E-state index is 5.36. The third kappa shape index (κ3) is 1.25. The summed E-state index contributed by atoms with van der Waals surface area (Å²) >= 11 is 0. The van der Waals surface area contributed by atoms with Crippen molar-refractivity contribution in [2.75, 3.05) is 7.11 Å². The Kier molecular flexibility index (Phi) is 2.15. The molecule has 0 atom stereocenters. The van der Waals surface area contributed by atoms with E-state index in [4.69, 9.17) is 9.15 Å². The lowest BCUT2D eigenvalue weighted by Crippen LogP contribution is -1.94. The highest BCUT2D eigenvalue weighted by atomic mass is 16.5. The Morgan fingerprint density at radius 3 is 2.79 bits per heavy atom. The fraction of sp³-hybridized carbons (Fsp3) is 0.364. The van der Waals surface area contributed by atoms with Crippen molar-refractivity contribution >= 4 is 11.1 Å². The van der Waals surface area contributed by atoms with Crippen LogP contribution < -0.4 is 4.74 Å². The van der Waals surface area contributed by atoms with Gasteiger partial charge in [0, 0.05) is 5.56 Å². The van der Waals surface area contributed by atoms with Gasteiger partial charge in [-0.2, -0.15) is 0 Å². The van der Waals surface area contributed by atoms with Crippen LogP contribution in [0, 0.1) is 0 Å². The van der Waals surface area contributed by atoms with Gasteiger partial charge < -0.3 is 9.15 Å². The Bertz CT molecular complexity index is 445. The van der Waals surface area contributed by atoms with Gasteiger partial charge in [-0.05, 0) is 18.1 Å². The molecule has 3 nitrogen and oxygen atoms in total. The summed E-state index contributed by atoms with van der Waals surface area (Å²) < 4.78 is 10.7. The maximum Gasteiger partial charge on any atom is 0.181 e. The van der Waals surface area contributed by atoms with E-state index >= 15 is 0 Å². The minimum atomic E-state index is 0.363. The zero-order valence-electron chi connectivity index (χ0n) is 8.57. The van der Waals surface area contributed by atoms with Crippen molar-refractivity contribution < 1.29 is 9.15 Å².